The second-order valence-electron chi connectivity index (χ2n) is 3.84. The number of nitrogens with two attached hydrogens (primary N) is 1. The SMILES string of the molecule is COP(=O)(C[C@H](C)C(=O)O)c1ccccc1N. The molecule has 3 N–H and O–H groups in total. The number of carbonyl (C=O) groups is 1. The summed E-state index contributed by atoms with van der Waals surface area (Å²) in [6.07, 6.45) is -0.0625. The molecule has 0 saturated heterocycles. The molecule has 0 aliphatic carbocycles. The Kier molecular flexibility index (Phi) is 4.32. The summed E-state index contributed by atoms with van der Waals surface area (Å²) < 4.78 is 17.6. The zero-order valence-corrected chi connectivity index (χ0v) is 10.7. The summed E-state index contributed by atoms with van der Waals surface area (Å²) in [4.78, 5) is 10.8. The number of aliphatic carboxylic acids is 1. The molecule has 0 radical (unpaired) electrons. The van der Waals surface area contributed by atoms with Crippen LogP contribution < -0.4 is 11.0 Å². The first kappa shape index (κ1) is 13.7. The molecule has 1 aromatic carbocycles. The van der Waals surface area contributed by atoms with Gasteiger partial charge in [-0.05, 0) is 12.1 Å². The molecule has 0 aliphatic heterocycles. The third kappa shape index (κ3) is 3.08. The van der Waals surface area contributed by atoms with E-state index in [0.29, 0.717) is 11.0 Å². The molecule has 94 valence electrons. The zero-order chi connectivity index (χ0) is 13.1. The van der Waals surface area contributed by atoms with Gasteiger partial charge in [-0.25, -0.2) is 0 Å². The van der Waals surface area contributed by atoms with Crippen molar-refractivity contribution in [1.82, 2.24) is 0 Å². The third-order valence-electron chi connectivity index (χ3n) is 2.53. The summed E-state index contributed by atoms with van der Waals surface area (Å²) >= 11 is 0. The quantitative estimate of drug-likeness (QED) is 0.616. The highest BCUT2D eigenvalue weighted by Crippen LogP contribution is 2.47. The van der Waals surface area contributed by atoms with Crippen LogP contribution in [-0.2, 0) is 13.9 Å². The fraction of sp³-hybridized carbons (Fsp3) is 0.364. The number of nitrogen functional groups attached to an aromatic ring is 1. The van der Waals surface area contributed by atoms with Crippen molar-refractivity contribution in [3.8, 4) is 0 Å². The maximum absolute atomic E-state index is 12.6. The Hall–Kier alpha value is -1.32. The van der Waals surface area contributed by atoms with Gasteiger partial charge in [-0.2, -0.15) is 0 Å². The van der Waals surface area contributed by atoms with Gasteiger partial charge in [-0.3, -0.25) is 9.36 Å². The molecule has 0 aliphatic rings. The number of hydrogen-bond donors (Lipinski definition) is 2. The van der Waals surface area contributed by atoms with E-state index in [1.165, 1.54) is 14.0 Å². The molecule has 0 amide bonds. The largest absolute Gasteiger partial charge is 0.481 e. The summed E-state index contributed by atoms with van der Waals surface area (Å²) in [5, 5.41) is 9.23. The lowest BCUT2D eigenvalue weighted by Crippen LogP contribution is -2.21. The Morgan fingerprint density at radius 1 is 1.53 bits per heavy atom. The first-order valence-corrected chi connectivity index (χ1v) is 6.94. The van der Waals surface area contributed by atoms with E-state index in [1.807, 2.05) is 0 Å². The van der Waals surface area contributed by atoms with E-state index in [1.54, 1.807) is 24.3 Å². The van der Waals surface area contributed by atoms with Gasteiger partial charge in [0.25, 0.3) is 0 Å². The summed E-state index contributed by atoms with van der Waals surface area (Å²) in [6.45, 7) is 1.49. The van der Waals surface area contributed by atoms with Crippen LogP contribution >= 0.6 is 7.37 Å². The second kappa shape index (κ2) is 5.34. The predicted octanol–water partition coefficient (Wildman–Crippen LogP) is 1.54. The van der Waals surface area contributed by atoms with Crippen LogP contribution in [0.3, 0.4) is 0 Å². The summed E-state index contributed by atoms with van der Waals surface area (Å²) in [6, 6.07) is 6.64. The molecular weight excluding hydrogens is 241 g/mol. The summed E-state index contributed by atoms with van der Waals surface area (Å²) in [7, 11) is -1.90. The summed E-state index contributed by atoms with van der Waals surface area (Å²) in [5.74, 6) is -1.75. The van der Waals surface area contributed by atoms with Crippen LogP contribution in [0.2, 0.25) is 0 Å². The van der Waals surface area contributed by atoms with Crippen molar-refractivity contribution in [2.75, 3.05) is 19.0 Å². The smallest absolute Gasteiger partial charge is 0.306 e. The van der Waals surface area contributed by atoms with E-state index in [4.69, 9.17) is 15.4 Å². The lowest BCUT2D eigenvalue weighted by molar-refractivity contribution is -0.140. The molecule has 1 unspecified atom stereocenters. The monoisotopic (exact) mass is 257 g/mol. The highest BCUT2D eigenvalue weighted by atomic mass is 31.2. The van der Waals surface area contributed by atoms with Crippen molar-refractivity contribution in [1.29, 1.82) is 0 Å². The number of benzene rings is 1. The molecule has 2 atom stereocenters. The average molecular weight is 257 g/mol. The number of para-hydroxylation sites is 1. The van der Waals surface area contributed by atoms with Crippen LogP contribution in [0.1, 0.15) is 6.92 Å². The minimum atomic E-state index is -3.21. The van der Waals surface area contributed by atoms with Gasteiger partial charge >= 0.3 is 5.97 Å². The van der Waals surface area contributed by atoms with Crippen molar-refractivity contribution in [3.63, 3.8) is 0 Å². The number of rotatable bonds is 5. The minimum absolute atomic E-state index is 0.0625. The summed E-state index contributed by atoms with van der Waals surface area (Å²) in [5.41, 5.74) is 6.09. The maximum atomic E-state index is 12.6. The fourth-order valence-electron chi connectivity index (χ4n) is 1.51. The van der Waals surface area contributed by atoms with Crippen LogP contribution in [-0.4, -0.2) is 24.3 Å². The van der Waals surface area contributed by atoms with Crippen LogP contribution in [0.4, 0.5) is 5.69 Å². The van der Waals surface area contributed by atoms with Crippen molar-refractivity contribution >= 4 is 24.3 Å². The van der Waals surface area contributed by atoms with Crippen molar-refractivity contribution < 1.29 is 19.0 Å². The number of hydrogen-bond acceptors (Lipinski definition) is 4. The molecule has 0 spiro atoms. The van der Waals surface area contributed by atoms with Gasteiger partial charge in [0.05, 0.1) is 11.2 Å². The Bertz CT molecular complexity index is 461. The number of carboxylic acids is 1. The molecule has 6 heteroatoms. The van der Waals surface area contributed by atoms with E-state index >= 15 is 0 Å². The molecule has 0 saturated carbocycles. The first-order valence-electron chi connectivity index (χ1n) is 5.13. The van der Waals surface area contributed by atoms with Gasteiger partial charge in [0.2, 0.25) is 7.37 Å². The molecule has 1 aromatic rings. The molecule has 0 heterocycles. The second-order valence-corrected chi connectivity index (χ2v) is 6.40. The molecular formula is C11H16NO4P. The standard InChI is InChI=1S/C11H16NO4P/c1-8(11(13)14)7-17(15,16-2)10-6-4-3-5-9(10)12/h3-6,8H,7,12H2,1-2H3,(H,13,14)/t8-,17?/m0/s1. The van der Waals surface area contributed by atoms with Crippen LogP contribution in [0.15, 0.2) is 24.3 Å². The van der Waals surface area contributed by atoms with Gasteiger partial charge in [0, 0.05) is 19.0 Å². The van der Waals surface area contributed by atoms with Gasteiger partial charge in [-0.1, -0.05) is 19.1 Å². The highest BCUT2D eigenvalue weighted by molar-refractivity contribution is 7.67. The molecule has 1 rings (SSSR count). The van der Waals surface area contributed by atoms with E-state index in [-0.39, 0.29) is 6.16 Å². The molecule has 5 nitrogen and oxygen atoms in total. The van der Waals surface area contributed by atoms with Crippen molar-refractivity contribution in [3.05, 3.63) is 24.3 Å². The number of carboxylic acid groups (broad SMARTS) is 1. The first-order chi connectivity index (χ1) is 7.90. The highest BCUT2D eigenvalue weighted by Gasteiger charge is 2.31. The predicted molar refractivity (Wildman–Crippen MR) is 66.8 cm³/mol. The van der Waals surface area contributed by atoms with Crippen molar-refractivity contribution in [2.24, 2.45) is 5.92 Å². The molecule has 0 aromatic heterocycles. The van der Waals surface area contributed by atoms with Crippen LogP contribution in [0.5, 0.6) is 0 Å². The van der Waals surface area contributed by atoms with Gasteiger partial charge in [0.15, 0.2) is 0 Å². The third-order valence-corrected chi connectivity index (χ3v) is 5.29. The average Bonchev–Trinajstić information content (AvgIpc) is 2.29. The minimum Gasteiger partial charge on any atom is -0.481 e. The Balaban J connectivity index is 3.09. The maximum Gasteiger partial charge on any atom is 0.306 e. The molecule has 17 heavy (non-hydrogen) atoms. The van der Waals surface area contributed by atoms with Crippen LogP contribution in [0.25, 0.3) is 0 Å². The Labute approximate surface area is 100 Å². The van der Waals surface area contributed by atoms with E-state index in [9.17, 15) is 9.36 Å². The van der Waals surface area contributed by atoms with Gasteiger partial charge in [0.1, 0.15) is 0 Å². The van der Waals surface area contributed by atoms with Crippen molar-refractivity contribution in [2.45, 2.75) is 6.92 Å². The lowest BCUT2D eigenvalue weighted by Gasteiger charge is -2.19. The molecule has 0 bridgehead atoms. The Morgan fingerprint density at radius 3 is 2.59 bits per heavy atom. The van der Waals surface area contributed by atoms with E-state index in [0.717, 1.165) is 0 Å². The zero-order valence-electron chi connectivity index (χ0n) is 9.79. The van der Waals surface area contributed by atoms with E-state index < -0.39 is 19.3 Å². The lowest BCUT2D eigenvalue weighted by atomic mass is 10.2. The fourth-order valence-corrected chi connectivity index (χ4v) is 3.71. The normalized spacial score (nSPS) is 16.1. The molecule has 0 fully saturated rings. The van der Waals surface area contributed by atoms with E-state index in [2.05, 4.69) is 0 Å². The topological polar surface area (TPSA) is 89.6 Å². The number of anilines is 1. The van der Waals surface area contributed by atoms with Gasteiger partial charge < -0.3 is 15.4 Å². The van der Waals surface area contributed by atoms with Gasteiger partial charge in [-0.15, -0.1) is 0 Å². The van der Waals surface area contributed by atoms with Crippen LogP contribution in [0, 0.1) is 5.92 Å². The Morgan fingerprint density at radius 2 is 2.12 bits per heavy atom.